The summed E-state index contributed by atoms with van der Waals surface area (Å²) < 4.78 is 15.1. The van der Waals surface area contributed by atoms with Gasteiger partial charge < -0.3 is 5.32 Å². The van der Waals surface area contributed by atoms with Crippen LogP contribution in [0, 0.1) is 23.6 Å². The SMILES string of the molecule is O=C(NCc1ccc(F)cc1)[C@H]1CN2CC[C@H]1C[C@@H]2Cn1cc(CC2CCCCC2)nn1. The molecule has 7 heteroatoms. The van der Waals surface area contributed by atoms with E-state index < -0.39 is 0 Å². The number of aromatic nitrogens is 3. The summed E-state index contributed by atoms with van der Waals surface area (Å²) in [7, 11) is 0. The third-order valence-electron chi connectivity index (χ3n) is 7.80. The number of hydrogen-bond acceptors (Lipinski definition) is 4. The summed E-state index contributed by atoms with van der Waals surface area (Å²) in [5, 5.41) is 11.9. The number of carbonyl (C=O) groups is 1. The van der Waals surface area contributed by atoms with Crippen molar-refractivity contribution in [3.8, 4) is 0 Å². The number of rotatable bonds is 7. The maximum atomic E-state index is 13.1. The molecule has 6 rings (SSSR count). The van der Waals surface area contributed by atoms with Gasteiger partial charge in [0.15, 0.2) is 0 Å². The monoisotopic (exact) mass is 439 g/mol. The molecule has 1 amide bonds. The van der Waals surface area contributed by atoms with Crippen LogP contribution in [0.3, 0.4) is 0 Å². The van der Waals surface area contributed by atoms with Crippen molar-refractivity contribution in [2.24, 2.45) is 17.8 Å². The number of carbonyl (C=O) groups excluding carboxylic acids is 1. The highest BCUT2D eigenvalue weighted by atomic mass is 19.1. The topological polar surface area (TPSA) is 63.1 Å². The van der Waals surface area contributed by atoms with Gasteiger partial charge in [-0.15, -0.1) is 5.10 Å². The van der Waals surface area contributed by atoms with Gasteiger partial charge in [-0.3, -0.25) is 14.4 Å². The normalized spacial score (nSPS) is 28.0. The fourth-order valence-electron chi connectivity index (χ4n) is 5.97. The minimum Gasteiger partial charge on any atom is -0.352 e. The molecule has 2 bridgehead atoms. The van der Waals surface area contributed by atoms with Crippen molar-refractivity contribution in [2.75, 3.05) is 13.1 Å². The number of benzene rings is 1. The van der Waals surface area contributed by atoms with Gasteiger partial charge in [-0.1, -0.05) is 49.5 Å². The number of fused-ring (bicyclic) bond motifs is 3. The molecule has 32 heavy (non-hydrogen) atoms. The average molecular weight is 440 g/mol. The predicted molar refractivity (Wildman–Crippen MR) is 120 cm³/mol. The van der Waals surface area contributed by atoms with Crippen LogP contribution in [0.5, 0.6) is 0 Å². The van der Waals surface area contributed by atoms with E-state index in [1.54, 1.807) is 12.1 Å². The van der Waals surface area contributed by atoms with Gasteiger partial charge in [0.25, 0.3) is 0 Å². The smallest absolute Gasteiger partial charge is 0.224 e. The lowest BCUT2D eigenvalue weighted by Gasteiger charge is -2.49. The van der Waals surface area contributed by atoms with Gasteiger partial charge in [0.05, 0.1) is 18.2 Å². The van der Waals surface area contributed by atoms with E-state index in [2.05, 4.69) is 26.7 Å². The van der Waals surface area contributed by atoms with Crippen LogP contribution in [0.15, 0.2) is 30.5 Å². The first-order valence-electron chi connectivity index (χ1n) is 12.3. The largest absolute Gasteiger partial charge is 0.352 e. The minimum absolute atomic E-state index is 0.0399. The zero-order chi connectivity index (χ0) is 21.9. The van der Waals surface area contributed by atoms with E-state index >= 15 is 0 Å². The van der Waals surface area contributed by atoms with Crippen molar-refractivity contribution in [1.82, 2.24) is 25.2 Å². The molecule has 3 saturated heterocycles. The van der Waals surface area contributed by atoms with Crippen LogP contribution in [0.1, 0.15) is 56.2 Å². The van der Waals surface area contributed by atoms with Crippen molar-refractivity contribution in [3.05, 3.63) is 47.5 Å². The lowest BCUT2D eigenvalue weighted by molar-refractivity contribution is -0.133. The van der Waals surface area contributed by atoms with Crippen LogP contribution >= 0.6 is 0 Å². The third kappa shape index (κ3) is 5.03. The molecule has 0 spiro atoms. The average Bonchev–Trinajstić information content (AvgIpc) is 3.26. The van der Waals surface area contributed by atoms with Gasteiger partial charge in [0.1, 0.15) is 5.82 Å². The second-order valence-electron chi connectivity index (χ2n) is 10.0. The fourth-order valence-corrected chi connectivity index (χ4v) is 5.97. The Morgan fingerprint density at radius 2 is 1.94 bits per heavy atom. The Morgan fingerprint density at radius 1 is 1.12 bits per heavy atom. The summed E-state index contributed by atoms with van der Waals surface area (Å²) in [6, 6.07) is 6.75. The van der Waals surface area contributed by atoms with E-state index in [-0.39, 0.29) is 17.6 Å². The summed E-state index contributed by atoms with van der Waals surface area (Å²) in [5.41, 5.74) is 2.06. The van der Waals surface area contributed by atoms with Gasteiger partial charge in [-0.25, -0.2) is 4.39 Å². The van der Waals surface area contributed by atoms with Crippen LogP contribution in [-0.2, 0) is 24.3 Å². The molecule has 2 aromatic rings. The van der Waals surface area contributed by atoms with Crippen LogP contribution in [0.2, 0.25) is 0 Å². The molecule has 1 aliphatic carbocycles. The number of amides is 1. The third-order valence-corrected chi connectivity index (χ3v) is 7.80. The van der Waals surface area contributed by atoms with Crippen LogP contribution in [0.25, 0.3) is 0 Å². The molecule has 1 N–H and O–H groups in total. The molecular formula is C25H34FN5O. The first kappa shape index (κ1) is 21.6. The van der Waals surface area contributed by atoms with Crippen molar-refractivity contribution >= 4 is 5.91 Å². The van der Waals surface area contributed by atoms with E-state index in [0.29, 0.717) is 18.5 Å². The second kappa shape index (κ2) is 9.69. The highest BCUT2D eigenvalue weighted by Gasteiger charge is 2.43. The molecule has 3 aliphatic heterocycles. The molecule has 4 atom stereocenters. The molecule has 172 valence electrons. The van der Waals surface area contributed by atoms with Gasteiger partial charge in [-0.2, -0.15) is 0 Å². The number of hydrogen-bond donors (Lipinski definition) is 1. The summed E-state index contributed by atoms with van der Waals surface area (Å²) >= 11 is 0. The lowest BCUT2D eigenvalue weighted by atomic mass is 9.75. The predicted octanol–water partition coefficient (Wildman–Crippen LogP) is 3.57. The Balaban J connectivity index is 1.12. The summed E-state index contributed by atoms with van der Waals surface area (Å²) in [5.74, 6) is 1.11. The molecule has 6 nitrogen and oxygen atoms in total. The summed E-state index contributed by atoms with van der Waals surface area (Å²) in [6.07, 6.45) is 12.1. The Morgan fingerprint density at radius 3 is 2.69 bits per heavy atom. The number of piperidine rings is 3. The fraction of sp³-hybridized carbons (Fsp3) is 0.640. The van der Waals surface area contributed by atoms with Gasteiger partial charge in [-0.05, 0) is 55.3 Å². The lowest BCUT2D eigenvalue weighted by Crippen LogP contribution is -2.58. The number of nitrogens with one attached hydrogen (secondary N) is 1. The van der Waals surface area contributed by atoms with E-state index in [9.17, 15) is 9.18 Å². The zero-order valence-electron chi connectivity index (χ0n) is 18.8. The van der Waals surface area contributed by atoms with Crippen LogP contribution < -0.4 is 5.32 Å². The molecule has 4 aliphatic rings. The van der Waals surface area contributed by atoms with Gasteiger partial charge in [0.2, 0.25) is 5.91 Å². The Bertz CT molecular complexity index is 907. The van der Waals surface area contributed by atoms with E-state index in [1.807, 2.05) is 4.68 Å². The summed E-state index contributed by atoms with van der Waals surface area (Å²) in [4.78, 5) is 15.3. The summed E-state index contributed by atoms with van der Waals surface area (Å²) in [6.45, 7) is 3.18. The molecule has 1 saturated carbocycles. The first-order chi connectivity index (χ1) is 15.6. The molecule has 1 aromatic carbocycles. The van der Waals surface area contributed by atoms with E-state index in [4.69, 9.17) is 0 Å². The Labute approximate surface area is 189 Å². The highest BCUT2D eigenvalue weighted by Crippen LogP contribution is 2.37. The molecular weight excluding hydrogens is 405 g/mol. The van der Waals surface area contributed by atoms with Crippen LogP contribution in [-0.4, -0.2) is 44.9 Å². The molecule has 4 heterocycles. The highest BCUT2D eigenvalue weighted by molar-refractivity contribution is 5.79. The Kier molecular flexibility index (Phi) is 6.53. The van der Waals surface area contributed by atoms with Gasteiger partial charge in [0, 0.05) is 25.3 Å². The van der Waals surface area contributed by atoms with Crippen LogP contribution in [0.4, 0.5) is 4.39 Å². The zero-order valence-corrected chi connectivity index (χ0v) is 18.8. The van der Waals surface area contributed by atoms with Crippen molar-refractivity contribution < 1.29 is 9.18 Å². The van der Waals surface area contributed by atoms with Crippen molar-refractivity contribution in [3.63, 3.8) is 0 Å². The molecule has 1 aromatic heterocycles. The van der Waals surface area contributed by atoms with Crippen molar-refractivity contribution in [1.29, 1.82) is 0 Å². The number of halogens is 1. The maximum Gasteiger partial charge on any atom is 0.224 e. The first-order valence-corrected chi connectivity index (χ1v) is 12.3. The molecule has 4 fully saturated rings. The Hall–Kier alpha value is -2.28. The minimum atomic E-state index is -0.253. The van der Waals surface area contributed by atoms with E-state index in [1.165, 1.54) is 44.2 Å². The van der Waals surface area contributed by atoms with Gasteiger partial charge >= 0.3 is 0 Å². The quantitative estimate of drug-likeness (QED) is 0.717. The standard InChI is InChI=1S/C25H34FN5O/c26-21-8-6-19(7-9-21)14-27-25(32)24-17-30-11-10-20(24)13-23(30)16-31-15-22(28-29-31)12-18-4-2-1-3-5-18/h6-9,15,18,20,23-24H,1-5,10-14,16-17H2,(H,27,32)/t20-,23+,24-/m0/s1. The van der Waals surface area contributed by atoms with E-state index in [0.717, 1.165) is 56.1 Å². The second-order valence-corrected chi connectivity index (χ2v) is 10.0. The molecule has 0 radical (unpaired) electrons. The van der Waals surface area contributed by atoms with Crippen molar-refractivity contribution in [2.45, 2.75) is 70.5 Å². The maximum absolute atomic E-state index is 13.1. The molecule has 1 unspecified atom stereocenters. The number of nitrogens with zero attached hydrogens (tertiary/aromatic N) is 4.